The molecule has 0 aliphatic heterocycles. The lowest BCUT2D eigenvalue weighted by Gasteiger charge is -2.14. The lowest BCUT2D eigenvalue weighted by atomic mass is 10.0. The van der Waals surface area contributed by atoms with Crippen molar-refractivity contribution >= 4 is 5.95 Å². The lowest BCUT2D eigenvalue weighted by Crippen LogP contribution is -2.12. The second-order valence-corrected chi connectivity index (χ2v) is 3.65. The maximum Gasteiger partial charge on any atom is 0.223 e. The average Bonchev–Trinajstić information content (AvgIpc) is 2.19. The van der Waals surface area contributed by atoms with E-state index in [2.05, 4.69) is 23.8 Å². The number of methoxy groups -OCH3 is 1. The smallest absolute Gasteiger partial charge is 0.223 e. The zero-order chi connectivity index (χ0) is 11.4. The zero-order valence-electron chi connectivity index (χ0n) is 9.45. The normalized spacial score (nSPS) is 10.7. The van der Waals surface area contributed by atoms with Crippen molar-refractivity contribution < 1.29 is 4.74 Å². The third-order valence-corrected chi connectivity index (χ3v) is 2.15. The number of hydrogen-bond donors (Lipinski definition) is 2. The summed E-state index contributed by atoms with van der Waals surface area (Å²) in [5, 5.41) is 0. The summed E-state index contributed by atoms with van der Waals surface area (Å²) in [6, 6.07) is 0. The topological polar surface area (TPSA) is 87.0 Å². The maximum absolute atomic E-state index is 5.60. The first kappa shape index (κ1) is 11.7. The van der Waals surface area contributed by atoms with Crippen LogP contribution >= 0.6 is 0 Å². The minimum atomic E-state index is 0.247. The molecule has 1 rings (SSSR count). The van der Waals surface area contributed by atoms with Gasteiger partial charge in [-0.05, 0) is 18.9 Å². The average molecular weight is 210 g/mol. The van der Waals surface area contributed by atoms with Crippen LogP contribution in [0.5, 0.6) is 5.88 Å². The first-order chi connectivity index (χ1) is 7.10. The molecule has 1 aromatic rings. The SMILES string of the molecule is COc1nc(N)nc(C(C)C)c1CCN. The van der Waals surface area contributed by atoms with Gasteiger partial charge in [0, 0.05) is 5.56 Å². The van der Waals surface area contributed by atoms with Crippen LogP contribution in [0.1, 0.15) is 31.0 Å². The van der Waals surface area contributed by atoms with E-state index in [1.807, 2.05) is 0 Å². The van der Waals surface area contributed by atoms with Crippen molar-refractivity contribution in [3.8, 4) is 5.88 Å². The van der Waals surface area contributed by atoms with Crippen LogP contribution in [0.15, 0.2) is 0 Å². The van der Waals surface area contributed by atoms with Crippen molar-refractivity contribution in [3.05, 3.63) is 11.3 Å². The van der Waals surface area contributed by atoms with Crippen molar-refractivity contribution in [1.82, 2.24) is 9.97 Å². The molecule has 0 aliphatic carbocycles. The van der Waals surface area contributed by atoms with E-state index in [-0.39, 0.29) is 11.9 Å². The molecule has 0 spiro atoms. The van der Waals surface area contributed by atoms with E-state index in [0.717, 1.165) is 11.3 Å². The van der Waals surface area contributed by atoms with E-state index in [0.29, 0.717) is 18.8 Å². The van der Waals surface area contributed by atoms with Crippen LogP contribution in [-0.2, 0) is 6.42 Å². The van der Waals surface area contributed by atoms with Crippen LogP contribution in [-0.4, -0.2) is 23.6 Å². The highest BCUT2D eigenvalue weighted by Gasteiger charge is 2.15. The van der Waals surface area contributed by atoms with Crippen molar-refractivity contribution in [1.29, 1.82) is 0 Å². The van der Waals surface area contributed by atoms with E-state index in [1.54, 1.807) is 7.11 Å². The maximum atomic E-state index is 5.60. The number of hydrogen-bond acceptors (Lipinski definition) is 5. The Labute approximate surface area is 89.9 Å². The van der Waals surface area contributed by atoms with Gasteiger partial charge < -0.3 is 16.2 Å². The quantitative estimate of drug-likeness (QED) is 0.763. The van der Waals surface area contributed by atoms with Gasteiger partial charge in [-0.25, -0.2) is 4.98 Å². The summed E-state index contributed by atoms with van der Waals surface area (Å²) in [5.74, 6) is 1.07. The van der Waals surface area contributed by atoms with E-state index in [1.165, 1.54) is 0 Å². The molecule has 0 unspecified atom stereocenters. The highest BCUT2D eigenvalue weighted by molar-refractivity contribution is 5.37. The molecule has 84 valence electrons. The highest BCUT2D eigenvalue weighted by Crippen LogP contribution is 2.25. The monoisotopic (exact) mass is 210 g/mol. The summed E-state index contributed by atoms with van der Waals surface area (Å²) in [6.45, 7) is 4.66. The van der Waals surface area contributed by atoms with Crippen molar-refractivity contribution in [3.63, 3.8) is 0 Å². The fourth-order valence-electron chi connectivity index (χ4n) is 1.52. The summed E-state index contributed by atoms with van der Waals surface area (Å²) in [7, 11) is 1.58. The molecule has 15 heavy (non-hydrogen) atoms. The Balaban J connectivity index is 3.26. The number of rotatable bonds is 4. The van der Waals surface area contributed by atoms with Crippen LogP contribution in [0.3, 0.4) is 0 Å². The molecule has 4 N–H and O–H groups in total. The largest absolute Gasteiger partial charge is 0.481 e. The molecule has 0 atom stereocenters. The summed E-state index contributed by atoms with van der Waals surface area (Å²) >= 11 is 0. The third-order valence-electron chi connectivity index (χ3n) is 2.15. The Kier molecular flexibility index (Phi) is 3.85. The van der Waals surface area contributed by atoms with E-state index < -0.39 is 0 Å². The number of anilines is 1. The molecular weight excluding hydrogens is 192 g/mol. The number of nitrogens with two attached hydrogens (primary N) is 2. The minimum absolute atomic E-state index is 0.247. The number of aromatic nitrogens is 2. The molecule has 0 amide bonds. The molecule has 0 aliphatic rings. The fraction of sp³-hybridized carbons (Fsp3) is 0.600. The van der Waals surface area contributed by atoms with Crippen LogP contribution in [0.2, 0.25) is 0 Å². The van der Waals surface area contributed by atoms with Crippen molar-refractivity contribution in [2.24, 2.45) is 5.73 Å². The molecule has 0 saturated carbocycles. The van der Waals surface area contributed by atoms with E-state index in [9.17, 15) is 0 Å². The van der Waals surface area contributed by atoms with Gasteiger partial charge in [0.2, 0.25) is 11.8 Å². The Morgan fingerprint density at radius 1 is 1.33 bits per heavy atom. The summed E-state index contributed by atoms with van der Waals surface area (Å²) < 4.78 is 5.18. The molecule has 1 aromatic heterocycles. The summed E-state index contributed by atoms with van der Waals surface area (Å²) in [4.78, 5) is 8.27. The van der Waals surface area contributed by atoms with Gasteiger partial charge in [0.25, 0.3) is 0 Å². The zero-order valence-corrected chi connectivity index (χ0v) is 9.45. The Morgan fingerprint density at radius 2 is 2.00 bits per heavy atom. The van der Waals surface area contributed by atoms with Crippen molar-refractivity contribution in [2.45, 2.75) is 26.2 Å². The first-order valence-electron chi connectivity index (χ1n) is 5.00. The molecule has 1 heterocycles. The van der Waals surface area contributed by atoms with Gasteiger partial charge in [-0.3, -0.25) is 0 Å². The molecular formula is C10H18N4O. The molecule has 5 nitrogen and oxygen atoms in total. The first-order valence-corrected chi connectivity index (χ1v) is 5.00. The molecule has 5 heteroatoms. The van der Waals surface area contributed by atoms with Gasteiger partial charge in [0.1, 0.15) is 0 Å². The van der Waals surface area contributed by atoms with Crippen LogP contribution in [0, 0.1) is 0 Å². The van der Waals surface area contributed by atoms with Crippen LogP contribution < -0.4 is 16.2 Å². The summed E-state index contributed by atoms with van der Waals surface area (Å²) in [5.41, 5.74) is 13.0. The fourth-order valence-corrected chi connectivity index (χ4v) is 1.52. The van der Waals surface area contributed by atoms with Crippen LogP contribution in [0.25, 0.3) is 0 Å². The molecule has 0 saturated heterocycles. The van der Waals surface area contributed by atoms with Gasteiger partial charge >= 0.3 is 0 Å². The minimum Gasteiger partial charge on any atom is -0.481 e. The summed E-state index contributed by atoms with van der Waals surface area (Å²) in [6.07, 6.45) is 0.705. The lowest BCUT2D eigenvalue weighted by molar-refractivity contribution is 0.390. The van der Waals surface area contributed by atoms with Gasteiger partial charge in [-0.1, -0.05) is 13.8 Å². The third kappa shape index (κ3) is 2.56. The number of ether oxygens (including phenoxy) is 1. The Morgan fingerprint density at radius 3 is 2.47 bits per heavy atom. The second-order valence-electron chi connectivity index (χ2n) is 3.65. The second kappa shape index (κ2) is 4.93. The Bertz CT molecular complexity index is 338. The van der Waals surface area contributed by atoms with Gasteiger partial charge in [-0.15, -0.1) is 0 Å². The number of nitrogen functional groups attached to an aromatic ring is 1. The Hall–Kier alpha value is -1.36. The highest BCUT2D eigenvalue weighted by atomic mass is 16.5. The molecule has 0 radical (unpaired) electrons. The molecule has 0 bridgehead atoms. The predicted molar refractivity (Wildman–Crippen MR) is 59.8 cm³/mol. The number of nitrogens with zero attached hydrogens (tertiary/aromatic N) is 2. The van der Waals surface area contributed by atoms with Crippen molar-refractivity contribution in [2.75, 3.05) is 19.4 Å². The van der Waals surface area contributed by atoms with Gasteiger partial charge in [0.05, 0.1) is 12.8 Å². The van der Waals surface area contributed by atoms with Gasteiger partial charge in [-0.2, -0.15) is 4.98 Å². The van der Waals surface area contributed by atoms with Crippen LogP contribution in [0.4, 0.5) is 5.95 Å². The van der Waals surface area contributed by atoms with Gasteiger partial charge in [0.15, 0.2) is 0 Å². The van der Waals surface area contributed by atoms with E-state index >= 15 is 0 Å². The molecule has 0 fully saturated rings. The van der Waals surface area contributed by atoms with E-state index in [4.69, 9.17) is 16.2 Å². The molecule has 0 aromatic carbocycles. The standard InChI is InChI=1S/C10H18N4O/c1-6(2)8-7(4-5-11)9(15-3)14-10(12)13-8/h6H,4-5,11H2,1-3H3,(H2,12,13,14). The predicted octanol–water partition coefficient (Wildman–Crippen LogP) is 0.692.